The van der Waals surface area contributed by atoms with Crippen LogP contribution in [0.1, 0.15) is 25.0 Å². The maximum atomic E-state index is 11.3. The molecule has 13 aromatic carbocycles. The van der Waals surface area contributed by atoms with Gasteiger partial charge in [-0.3, -0.25) is 0 Å². The third-order valence-corrected chi connectivity index (χ3v) is 18.4. The van der Waals surface area contributed by atoms with E-state index in [9.17, 15) is 10.5 Å². The van der Waals surface area contributed by atoms with Gasteiger partial charge in [0.1, 0.15) is 34.5 Å². The molecule has 0 spiro atoms. The SMILES string of the molecule is CC.N#Cc1cc(C#N)c(-n2c3ccc(-c4ccc5c(c4)c4ccccc4n5-c4ccccc4)cc3c3c4oc5ccccc5c4ccc32)cc1-n1c2ccc(-c3ccc4c(c3)c3ccccc3n4-c3ccccc3)cc2c2c3oc4ccccc4c3ccc21. The van der Waals surface area contributed by atoms with Crippen molar-refractivity contribution < 1.29 is 8.83 Å². The number of para-hydroxylation sites is 6. The summed E-state index contributed by atoms with van der Waals surface area (Å²) >= 11 is 0. The predicted octanol–water partition coefficient (Wildman–Crippen LogP) is 22.0. The van der Waals surface area contributed by atoms with E-state index in [1.807, 2.05) is 56.3 Å². The normalized spacial score (nSPS) is 11.9. The van der Waals surface area contributed by atoms with Crippen molar-refractivity contribution in [2.45, 2.75) is 13.8 Å². The summed E-state index contributed by atoms with van der Waals surface area (Å²) in [6, 6.07) is 98.9. The number of hydrogen-bond donors (Lipinski definition) is 0. The van der Waals surface area contributed by atoms with Gasteiger partial charge in [0.25, 0.3) is 0 Å². The summed E-state index contributed by atoms with van der Waals surface area (Å²) in [5, 5.41) is 35.2. The molecule has 0 amide bonds. The summed E-state index contributed by atoms with van der Waals surface area (Å²) in [6.07, 6.45) is 0. The number of hydrogen-bond acceptors (Lipinski definition) is 4. The smallest absolute Gasteiger partial charge is 0.145 e. The number of nitrogens with zero attached hydrogens (tertiary/aromatic N) is 6. The molecule has 6 aromatic heterocycles. The van der Waals surface area contributed by atoms with Gasteiger partial charge in [0.05, 0.1) is 77.4 Å². The van der Waals surface area contributed by atoms with Crippen molar-refractivity contribution in [1.29, 1.82) is 10.5 Å². The Morgan fingerprint density at radius 3 is 1.01 bits per heavy atom. The molecule has 19 rings (SSSR count). The number of furan rings is 2. The van der Waals surface area contributed by atoms with Crippen molar-refractivity contribution in [3.8, 4) is 57.1 Å². The van der Waals surface area contributed by atoms with Crippen LogP contribution in [0.4, 0.5) is 0 Å². The Balaban J connectivity index is 0.00000299. The second kappa shape index (κ2) is 19.6. The quantitative estimate of drug-likeness (QED) is 0.166. The van der Waals surface area contributed by atoms with E-state index >= 15 is 0 Å². The first kappa shape index (κ1) is 50.9. The molecule has 420 valence electrons. The van der Waals surface area contributed by atoms with Crippen molar-refractivity contribution in [2.75, 3.05) is 0 Å². The molecular weight excluding hydrogens is 1100 g/mol. The molecular formula is C82H50N6O2. The fourth-order valence-corrected chi connectivity index (χ4v) is 14.6. The molecule has 0 aliphatic heterocycles. The van der Waals surface area contributed by atoms with E-state index < -0.39 is 0 Å². The summed E-state index contributed by atoms with van der Waals surface area (Å²) in [5.41, 5.74) is 19.6. The molecule has 6 heterocycles. The van der Waals surface area contributed by atoms with Gasteiger partial charge in [-0.25, -0.2) is 0 Å². The van der Waals surface area contributed by atoms with Gasteiger partial charge in [-0.2, -0.15) is 10.5 Å². The lowest BCUT2D eigenvalue weighted by atomic mass is 10.00. The minimum absolute atomic E-state index is 0.361. The molecule has 0 fully saturated rings. The number of rotatable bonds is 6. The zero-order chi connectivity index (χ0) is 59.9. The number of benzene rings is 13. The number of nitriles is 2. The lowest BCUT2D eigenvalue weighted by molar-refractivity contribution is 0.672. The molecule has 0 radical (unpaired) electrons. The first-order chi connectivity index (χ1) is 44.6. The standard InChI is InChI=1S/C80H44N6O2.C2H6/c81-45-51-39-52(46-82)74(86-70-36-30-50(43-64(70)78-72(86)38-32-60-58-22-10-14-26-76(58)88-80(60)78)48-28-34-68-62(41-48)56-20-8-12-24-66(56)84(68)54-17-5-2-6-18-54)44-73(51)85-69-35-29-49(42-63(69)77-71(85)37-31-59-57-21-9-13-25-75(57)87-79(59)77)47-27-33-67-61(40-47)55-19-7-11-23-65(55)83(67)53-15-3-1-4-16-53;1-2/h1-44H;1-2H3. The van der Waals surface area contributed by atoms with Crippen molar-refractivity contribution in [2.24, 2.45) is 0 Å². The molecule has 8 heteroatoms. The van der Waals surface area contributed by atoms with E-state index in [0.717, 1.165) is 154 Å². The molecule has 0 atom stereocenters. The van der Waals surface area contributed by atoms with Gasteiger partial charge in [0.2, 0.25) is 0 Å². The van der Waals surface area contributed by atoms with E-state index in [1.165, 1.54) is 10.8 Å². The summed E-state index contributed by atoms with van der Waals surface area (Å²) in [4.78, 5) is 0. The third kappa shape index (κ3) is 7.22. The summed E-state index contributed by atoms with van der Waals surface area (Å²) in [5.74, 6) is 0. The average Bonchev–Trinajstić information content (AvgIpc) is 1.57. The van der Waals surface area contributed by atoms with Crippen LogP contribution in [0, 0.1) is 22.7 Å². The molecule has 8 nitrogen and oxygen atoms in total. The Bertz CT molecular complexity index is 5950. The highest BCUT2D eigenvalue weighted by molar-refractivity contribution is 6.26. The van der Waals surface area contributed by atoms with E-state index in [4.69, 9.17) is 8.83 Å². The summed E-state index contributed by atoms with van der Waals surface area (Å²) < 4.78 is 22.9. The van der Waals surface area contributed by atoms with Gasteiger partial charge >= 0.3 is 0 Å². The highest BCUT2D eigenvalue weighted by Gasteiger charge is 2.26. The van der Waals surface area contributed by atoms with Gasteiger partial charge in [-0.1, -0.05) is 147 Å². The van der Waals surface area contributed by atoms with Gasteiger partial charge < -0.3 is 27.1 Å². The van der Waals surface area contributed by atoms with Crippen LogP contribution >= 0.6 is 0 Å². The Morgan fingerprint density at radius 2 is 0.600 bits per heavy atom. The molecule has 0 saturated carbocycles. The summed E-state index contributed by atoms with van der Waals surface area (Å²) in [6.45, 7) is 4.00. The lowest BCUT2D eigenvalue weighted by Crippen LogP contribution is -2.04. The van der Waals surface area contributed by atoms with Gasteiger partial charge in [-0.15, -0.1) is 0 Å². The third-order valence-electron chi connectivity index (χ3n) is 18.4. The predicted molar refractivity (Wildman–Crippen MR) is 370 cm³/mol. The first-order valence-corrected chi connectivity index (χ1v) is 30.5. The van der Waals surface area contributed by atoms with E-state index in [1.54, 1.807) is 6.07 Å². The van der Waals surface area contributed by atoms with Crippen LogP contribution in [0.2, 0.25) is 0 Å². The van der Waals surface area contributed by atoms with Crippen LogP contribution in [0.3, 0.4) is 0 Å². The van der Waals surface area contributed by atoms with Crippen LogP contribution in [-0.4, -0.2) is 18.3 Å². The van der Waals surface area contributed by atoms with Crippen LogP contribution in [-0.2, 0) is 0 Å². The number of fused-ring (bicyclic) bond motifs is 20. The van der Waals surface area contributed by atoms with Gasteiger partial charge in [0, 0.05) is 65.2 Å². The Labute approximate surface area is 514 Å². The van der Waals surface area contributed by atoms with E-state index in [-0.39, 0.29) is 0 Å². The molecule has 0 unspecified atom stereocenters. The zero-order valence-corrected chi connectivity index (χ0v) is 48.9. The van der Waals surface area contributed by atoms with E-state index in [2.05, 4.69) is 249 Å². The fourth-order valence-electron chi connectivity index (χ4n) is 14.6. The van der Waals surface area contributed by atoms with Crippen molar-refractivity contribution in [1.82, 2.24) is 18.3 Å². The molecule has 0 N–H and O–H groups in total. The lowest BCUT2D eigenvalue weighted by Gasteiger charge is -2.16. The molecule has 19 aromatic rings. The van der Waals surface area contributed by atoms with Crippen LogP contribution in [0.15, 0.2) is 276 Å². The monoisotopic (exact) mass is 1150 g/mol. The largest absolute Gasteiger partial charge is 0.455 e. The van der Waals surface area contributed by atoms with Crippen molar-refractivity contribution >= 4 is 131 Å². The van der Waals surface area contributed by atoms with E-state index in [0.29, 0.717) is 22.5 Å². The highest BCUT2D eigenvalue weighted by Crippen LogP contribution is 2.47. The molecule has 0 bridgehead atoms. The molecule has 0 aliphatic rings. The van der Waals surface area contributed by atoms with Crippen molar-refractivity contribution in [3.63, 3.8) is 0 Å². The highest BCUT2D eigenvalue weighted by atomic mass is 16.3. The maximum absolute atomic E-state index is 11.3. The van der Waals surface area contributed by atoms with Crippen LogP contribution in [0.25, 0.3) is 176 Å². The average molecular weight is 1150 g/mol. The second-order valence-electron chi connectivity index (χ2n) is 23.0. The summed E-state index contributed by atoms with van der Waals surface area (Å²) in [7, 11) is 0. The first-order valence-electron chi connectivity index (χ1n) is 30.5. The van der Waals surface area contributed by atoms with Gasteiger partial charge in [-0.05, 0) is 156 Å². The Morgan fingerprint density at radius 1 is 0.267 bits per heavy atom. The Hall–Kier alpha value is -12.4. The minimum Gasteiger partial charge on any atom is -0.455 e. The number of aromatic nitrogens is 4. The minimum atomic E-state index is 0.361. The van der Waals surface area contributed by atoms with Gasteiger partial charge in [0.15, 0.2) is 0 Å². The molecule has 0 saturated heterocycles. The Kier molecular flexibility index (Phi) is 11.1. The molecule has 90 heavy (non-hydrogen) atoms. The topological polar surface area (TPSA) is 93.6 Å². The van der Waals surface area contributed by atoms with Crippen LogP contribution < -0.4 is 0 Å². The fraction of sp³-hybridized carbons (Fsp3) is 0.0244. The zero-order valence-electron chi connectivity index (χ0n) is 48.9. The van der Waals surface area contributed by atoms with Crippen LogP contribution in [0.5, 0.6) is 0 Å². The molecule has 0 aliphatic carbocycles. The maximum Gasteiger partial charge on any atom is 0.145 e. The second-order valence-corrected chi connectivity index (χ2v) is 23.0. The van der Waals surface area contributed by atoms with Crippen molar-refractivity contribution in [3.05, 3.63) is 278 Å².